The van der Waals surface area contributed by atoms with Crippen LogP contribution >= 0.6 is 15.9 Å². The van der Waals surface area contributed by atoms with E-state index in [1.165, 1.54) is 12.1 Å². The summed E-state index contributed by atoms with van der Waals surface area (Å²) in [4.78, 5) is 0. The molecule has 0 aliphatic carbocycles. The molecule has 0 heterocycles. The van der Waals surface area contributed by atoms with Crippen molar-refractivity contribution in [2.75, 3.05) is 13.2 Å². The smallest absolute Gasteiger partial charge is 0.133 e. The first-order valence-corrected chi connectivity index (χ1v) is 6.31. The molecule has 0 atom stereocenters. The SMILES string of the molecule is Fc1ccc(OCCOc2ccccc2Br)cc1. The Bertz CT molecular complexity index is 499. The third-order valence-electron chi connectivity index (χ3n) is 2.26. The Balaban J connectivity index is 1.76. The van der Waals surface area contributed by atoms with Gasteiger partial charge in [-0.05, 0) is 52.3 Å². The highest BCUT2D eigenvalue weighted by Gasteiger charge is 1.99. The van der Waals surface area contributed by atoms with E-state index in [9.17, 15) is 4.39 Å². The zero-order chi connectivity index (χ0) is 12.8. The monoisotopic (exact) mass is 310 g/mol. The predicted octanol–water partition coefficient (Wildman–Crippen LogP) is 4.05. The Labute approximate surface area is 113 Å². The Morgan fingerprint density at radius 3 is 2.28 bits per heavy atom. The van der Waals surface area contributed by atoms with Gasteiger partial charge in [0.2, 0.25) is 0 Å². The number of ether oxygens (including phenoxy) is 2. The first kappa shape index (κ1) is 12.9. The fourth-order valence-corrected chi connectivity index (χ4v) is 1.80. The lowest BCUT2D eigenvalue weighted by Crippen LogP contribution is -2.09. The van der Waals surface area contributed by atoms with E-state index in [1.54, 1.807) is 12.1 Å². The van der Waals surface area contributed by atoms with E-state index in [-0.39, 0.29) is 5.82 Å². The maximum atomic E-state index is 12.7. The van der Waals surface area contributed by atoms with Gasteiger partial charge in [0.25, 0.3) is 0 Å². The van der Waals surface area contributed by atoms with Gasteiger partial charge < -0.3 is 9.47 Å². The zero-order valence-corrected chi connectivity index (χ0v) is 11.2. The number of rotatable bonds is 5. The van der Waals surface area contributed by atoms with Crippen molar-refractivity contribution >= 4 is 15.9 Å². The standard InChI is InChI=1S/C14H12BrFO2/c15-13-3-1-2-4-14(13)18-10-9-17-12-7-5-11(16)6-8-12/h1-8H,9-10H2. The largest absolute Gasteiger partial charge is 0.490 e. The summed E-state index contributed by atoms with van der Waals surface area (Å²) < 4.78 is 24.5. The van der Waals surface area contributed by atoms with Crippen molar-refractivity contribution < 1.29 is 13.9 Å². The van der Waals surface area contributed by atoms with Gasteiger partial charge in [0.05, 0.1) is 4.47 Å². The van der Waals surface area contributed by atoms with Crippen LogP contribution in [-0.4, -0.2) is 13.2 Å². The minimum atomic E-state index is -0.271. The topological polar surface area (TPSA) is 18.5 Å². The number of hydrogen-bond donors (Lipinski definition) is 0. The summed E-state index contributed by atoms with van der Waals surface area (Å²) in [5.74, 6) is 1.14. The molecule has 0 unspecified atom stereocenters. The van der Waals surface area contributed by atoms with Crippen LogP contribution in [0.4, 0.5) is 4.39 Å². The zero-order valence-electron chi connectivity index (χ0n) is 9.61. The third-order valence-corrected chi connectivity index (χ3v) is 2.92. The normalized spacial score (nSPS) is 10.1. The van der Waals surface area contributed by atoms with Crippen molar-refractivity contribution in [1.82, 2.24) is 0 Å². The first-order chi connectivity index (χ1) is 8.75. The number of para-hydroxylation sites is 1. The quantitative estimate of drug-likeness (QED) is 0.776. The number of benzene rings is 2. The second kappa shape index (κ2) is 6.40. The molecule has 2 aromatic carbocycles. The highest BCUT2D eigenvalue weighted by Crippen LogP contribution is 2.23. The van der Waals surface area contributed by atoms with E-state index in [4.69, 9.17) is 9.47 Å². The summed E-state index contributed by atoms with van der Waals surface area (Å²) in [5, 5.41) is 0. The number of halogens is 2. The average Bonchev–Trinajstić information content (AvgIpc) is 2.39. The van der Waals surface area contributed by atoms with Crippen LogP contribution in [0.3, 0.4) is 0 Å². The minimum Gasteiger partial charge on any atom is -0.490 e. The van der Waals surface area contributed by atoms with Gasteiger partial charge in [0.15, 0.2) is 0 Å². The molecule has 2 rings (SSSR count). The van der Waals surface area contributed by atoms with E-state index in [0.717, 1.165) is 10.2 Å². The molecule has 0 amide bonds. The van der Waals surface area contributed by atoms with Gasteiger partial charge in [-0.1, -0.05) is 12.1 Å². The summed E-state index contributed by atoms with van der Waals surface area (Å²) in [6, 6.07) is 13.5. The van der Waals surface area contributed by atoms with Gasteiger partial charge in [-0.2, -0.15) is 0 Å². The van der Waals surface area contributed by atoms with Crippen LogP contribution in [0.15, 0.2) is 53.0 Å². The highest BCUT2D eigenvalue weighted by molar-refractivity contribution is 9.10. The summed E-state index contributed by atoms with van der Waals surface area (Å²) in [7, 11) is 0. The molecule has 0 bridgehead atoms. The maximum absolute atomic E-state index is 12.7. The Morgan fingerprint density at radius 1 is 0.889 bits per heavy atom. The molecule has 4 heteroatoms. The van der Waals surface area contributed by atoms with E-state index in [1.807, 2.05) is 24.3 Å². The van der Waals surface area contributed by atoms with Gasteiger partial charge in [-0.25, -0.2) is 4.39 Å². The van der Waals surface area contributed by atoms with Crippen LogP contribution in [0.2, 0.25) is 0 Å². The molecule has 0 aromatic heterocycles. The van der Waals surface area contributed by atoms with Crippen molar-refractivity contribution in [2.45, 2.75) is 0 Å². The van der Waals surface area contributed by atoms with E-state index in [0.29, 0.717) is 19.0 Å². The van der Waals surface area contributed by atoms with Crippen molar-refractivity contribution in [2.24, 2.45) is 0 Å². The second-order valence-corrected chi connectivity index (χ2v) is 4.44. The van der Waals surface area contributed by atoms with Gasteiger partial charge in [0, 0.05) is 0 Å². The third kappa shape index (κ3) is 3.74. The van der Waals surface area contributed by atoms with Gasteiger partial charge in [0.1, 0.15) is 30.5 Å². The van der Waals surface area contributed by atoms with Crippen LogP contribution in [0.1, 0.15) is 0 Å². The lowest BCUT2D eigenvalue weighted by molar-refractivity contribution is 0.216. The summed E-state index contributed by atoms with van der Waals surface area (Å²) in [6.07, 6.45) is 0. The molecule has 0 saturated heterocycles. The van der Waals surface area contributed by atoms with E-state index in [2.05, 4.69) is 15.9 Å². The minimum absolute atomic E-state index is 0.271. The fraction of sp³-hybridized carbons (Fsp3) is 0.143. The van der Waals surface area contributed by atoms with Gasteiger partial charge in [-0.15, -0.1) is 0 Å². The summed E-state index contributed by atoms with van der Waals surface area (Å²) >= 11 is 3.39. The van der Waals surface area contributed by atoms with Crippen molar-refractivity contribution in [1.29, 1.82) is 0 Å². The number of hydrogen-bond acceptors (Lipinski definition) is 2. The summed E-state index contributed by atoms with van der Waals surface area (Å²) in [5.41, 5.74) is 0. The Hall–Kier alpha value is -1.55. The van der Waals surface area contributed by atoms with Gasteiger partial charge >= 0.3 is 0 Å². The van der Waals surface area contributed by atoms with Crippen LogP contribution in [0.5, 0.6) is 11.5 Å². The molecular formula is C14H12BrFO2. The molecule has 0 spiro atoms. The van der Waals surface area contributed by atoms with Crippen LogP contribution in [-0.2, 0) is 0 Å². The van der Waals surface area contributed by atoms with Crippen LogP contribution in [0, 0.1) is 5.82 Å². The molecule has 94 valence electrons. The molecule has 0 aliphatic rings. The Kier molecular flexibility index (Phi) is 4.59. The first-order valence-electron chi connectivity index (χ1n) is 5.51. The second-order valence-electron chi connectivity index (χ2n) is 3.58. The molecular weight excluding hydrogens is 299 g/mol. The van der Waals surface area contributed by atoms with Crippen molar-refractivity contribution in [3.05, 3.63) is 58.8 Å². The summed E-state index contributed by atoms with van der Waals surface area (Å²) in [6.45, 7) is 0.840. The van der Waals surface area contributed by atoms with E-state index < -0.39 is 0 Å². The molecule has 2 nitrogen and oxygen atoms in total. The fourth-order valence-electron chi connectivity index (χ4n) is 1.40. The average molecular weight is 311 g/mol. The molecule has 0 fully saturated rings. The Morgan fingerprint density at radius 2 is 1.56 bits per heavy atom. The molecule has 0 aliphatic heterocycles. The van der Waals surface area contributed by atoms with E-state index >= 15 is 0 Å². The molecule has 18 heavy (non-hydrogen) atoms. The highest BCUT2D eigenvalue weighted by atomic mass is 79.9. The predicted molar refractivity (Wildman–Crippen MR) is 71.5 cm³/mol. The molecule has 0 saturated carbocycles. The van der Waals surface area contributed by atoms with Crippen LogP contribution in [0.25, 0.3) is 0 Å². The van der Waals surface area contributed by atoms with Crippen molar-refractivity contribution in [3.8, 4) is 11.5 Å². The maximum Gasteiger partial charge on any atom is 0.133 e. The lowest BCUT2D eigenvalue weighted by Gasteiger charge is -2.09. The molecule has 2 aromatic rings. The van der Waals surface area contributed by atoms with Crippen LogP contribution < -0.4 is 9.47 Å². The molecule has 0 radical (unpaired) electrons. The van der Waals surface area contributed by atoms with Gasteiger partial charge in [-0.3, -0.25) is 0 Å². The van der Waals surface area contributed by atoms with Crippen molar-refractivity contribution in [3.63, 3.8) is 0 Å². The lowest BCUT2D eigenvalue weighted by atomic mass is 10.3. The molecule has 0 N–H and O–H groups in total.